The zero-order valence-electron chi connectivity index (χ0n) is 12.2. The van der Waals surface area contributed by atoms with Crippen LogP contribution in [0.5, 0.6) is 0 Å². The molecule has 6 heteroatoms. The molecule has 0 aliphatic carbocycles. The van der Waals surface area contributed by atoms with Crippen molar-refractivity contribution in [1.82, 2.24) is 15.0 Å². The van der Waals surface area contributed by atoms with Crippen LogP contribution >= 0.6 is 0 Å². The van der Waals surface area contributed by atoms with E-state index in [1.807, 2.05) is 17.0 Å². The van der Waals surface area contributed by atoms with E-state index < -0.39 is 0 Å². The van der Waals surface area contributed by atoms with Gasteiger partial charge in [0.2, 0.25) is 11.7 Å². The minimum atomic E-state index is 0.0273. The smallest absolute Gasteiger partial charge is 0.241 e. The van der Waals surface area contributed by atoms with Gasteiger partial charge in [0.25, 0.3) is 0 Å². The van der Waals surface area contributed by atoms with Crippen molar-refractivity contribution < 1.29 is 14.7 Å². The second-order valence-corrected chi connectivity index (χ2v) is 4.79. The molecule has 114 valence electrons. The van der Waals surface area contributed by atoms with Crippen molar-refractivity contribution >= 4 is 0 Å². The summed E-state index contributed by atoms with van der Waals surface area (Å²) in [6, 6.07) is 8.06. The summed E-state index contributed by atoms with van der Waals surface area (Å²) >= 11 is 0. The Kier molecular flexibility index (Phi) is 5.86. The van der Waals surface area contributed by atoms with Gasteiger partial charge < -0.3 is 14.7 Å². The number of aliphatic hydroxyl groups is 2. The van der Waals surface area contributed by atoms with Crippen LogP contribution in [0.1, 0.15) is 18.4 Å². The van der Waals surface area contributed by atoms with Crippen molar-refractivity contribution in [3.8, 4) is 11.4 Å². The lowest BCUT2D eigenvalue weighted by Crippen LogP contribution is -2.29. The molecule has 0 saturated heterocycles. The Morgan fingerprint density at radius 1 is 1.10 bits per heavy atom. The van der Waals surface area contributed by atoms with Gasteiger partial charge in [-0.25, -0.2) is 0 Å². The molecule has 0 aliphatic rings. The molecule has 21 heavy (non-hydrogen) atoms. The molecule has 0 aliphatic heterocycles. The van der Waals surface area contributed by atoms with Crippen molar-refractivity contribution in [2.45, 2.75) is 19.9 Å². The van der Waals surface area contributed by atoms with Crippen molar-refractivity contribution in [3.63, 3.8) is 0 Å². The number of nitrogens with zero attached hydrogens (tertiary/aromatic N) is 3. The van der Waals surface area contributed by atoms with Gasteiger partial charge in [-0.3, -0.25) is 4.90 Å². The fraction of sp³-hybridized carbons (Fsp3) is 0.467. The van der Waals surface area contributed by atoms with E-state index in [1.165, 1.54) is 5.56 Å². The maximum absolute atomic E-state index is 8.98. The highest BCUT2D eigenvalue weighted by Gasteiger charge is 2.12. The Balaban J connectivity index is 2.05. The largest absolute Gasteiger partial charge is 0.395 e. The van der Waals surface area contributed by atoms with Crippen LogP contribution in [0.4, 0.5) is 0 Å². The van der Waals surface area contributed by atoms with Gasteiger partial charge in [-0.2, -0.15) is 4.98 Å². The number of aliphatic hydroxyl groups excluding tert-OH is 2. The van der Waals surface area contributed by atoms with E-state index in [0.29, 0.717) is 31.3 Å². The van der Waals surface area contributed by atoms with E-state index in [-0.39, 0.29) is 13.2 Å². The lowest BCUT2D eigenvalue weighted by Gasteiger charge is -2.17. The summed E-state index contributed by atoms with van der Waals surface area (Å²) in [4.78, 5) is 6.22. The van der Waals surface area contributed by atoms with Gasteiger partial charge in [-0.1, -0.05) is 36.3 Å². The predicted molar refractivity (Wildman–Crippen MR) is 78.6 cm³/mol. The highest BCUT2D eigenvalue weighted by molar-refractivity contribution is 5.54. The van der Waals surface area contributed by atoms with E-state index in [9.17, 15) is 0 Å². The topological polar surface area (TPSA) is 82.6 Å². The molecule has 6 nitrogen and oxygen atoms in total. The quantitative estimate of drug-likeness (QED) is 0.757. The van der Waals surface area contributed by atoms with Gasteiger partial charge in [-0.05, 0) is 12.0 Å². The molecule has 0 radical (unpaired) electrons. The first-order valence-electron chi connectivity index (χ1n) is 7.12. The molecule has 0 atom stereocenters. The summed E-state index contributed by atoms with van der Waals surface area (Å²) < 4.78 is 5.23. The van der Waals surface area contributed by atoms with Crippen molar-refractivity contribution in [2.24, 2.45) is 0 Å². The minimum Gasteiger partial charge on any atom is -0.395 e. The van der Waals surface area contributed by atoms with Gasteiger partial charge in [0.1, 0.15) is 0 Å². The molecular weight excluding hydrogens is 270 g/mol. The zero-order valence-corrected chi connectivity index (χ0v) is 12.2. The number of hydrogen-bond acceptors (Lipinski definition) is 6. The summed E-state index contributed by atoms with van der Waals surface area (Å²) in [6.07, 6.45) is 0.995. The molecular formula is C15H21N3O3. The summed E-state index contributed by atoms with van der Waals surface area (Å²) in [6.45, 7) is 3.51. The molecule has 0 spiro atoms. The maximum atomic E-state index is 8.98. The predicted octanol–water partition coefficient (Wildman–Crippen LogP) is 1.09. The number of hydrogen-bond donors (Lipinski definition) is 2. The number of benzene rings is 1. The van der Waals surface area contributed by atoms with Gasteiger partial charge in [-0.15, -0.1) is 0 Å². The normalized spacial score (nSPS) is 11.2. The molecule has 2 N–H and O–H groups in total. The van der Waals surface area contributed by atoms with Gasteiger partial charge in [0.15, 0.2) is 0 Å². The van der Waals surface area contributed by atoms with Gasteiger partial charge >= 0.3 is 0 Å². The Labute approximate surface area is 124 Å². The molecule has 0 bridgehead atoms. The number of rotatable bonds is 8. The van der Waals surface area contributed by atoms with Crippen LogP contribution in [0.2, 0.25) is 0 Å². The monoisotopic (exact) mass is 291 g/mol. The number of aromatic nitrogens is 2. The van der Waals surface area contributed by atoms with Crippen LogP contribution < -0.4 is 0 Å². The summed E-state index contributed by atoms with van der Waals surface area (Å²) in [5, 5.41) is 21.9. The van der Waals surface area contributed by atoms with Crippen molar-refractivity contribution in [2.75, 3.05) is 26.3 Å². The first-order valence-corrected chi connectivity index (χ1v) is 7.12. The third-order valence-corrected chi connectivity index (χ3v) is 3.28. The Hall–Kier alpha value is -1.76. The summed E-state index contributed by atoms with van der Waals surface area (Å²) in [5.41, 5.74) is 2.18. The third-order valence-electron chi connectivity index (χ3n) is 3.28. The van der Waals surface area contributed by atoms with Crippen LogP contribution in [0.3, 0.4) is 0 Å². The molecule has 2 rings (SSSR count). The Morgan fingerprint density at radius 3 is 2.33 bits per heavy atom. The third kappa shape index (κ3) is 4.35. The first-order chi connectivity index (χ1) is 10.3. The lowest BCUT2D eigenvalue weighted by molar-refractivity contribution is 0.143. The standard InChI is InChI=1S/C15H21N3O3/c1-2-12-3-5-13(6-4-12)15-16-14(21-17-15)11-18(7-9-19)8-10-20/h3-6,19-20H,2,7-11H2,1H3. The first kappa shape index (κ1) is 15.6. The molecule has 1 heterocycles. The van der Waals surface area contributed by atoms with Crippen LogP contribution in [-0.2, 0) is 13.0 Å². The van der Waals surface area contributed by atoms with E-state index in [0.717, 1.165) is 12.0 Å². The molecule has 0 fully saturated rings. The fourth-order valence-corrected chi connectivity index (χ4v) is 2.07. The number of aryl methyl sites for hydroxylation is 1. The SMILES string of the molecule is CCc1ccc(-c2noc(CN(CCO)CCO)n2)cc1. The highest BCUT2D eigenvalue weighted by atomic mass is 16.5. The van der Waals surface area contributed by atoms with E-state index >= 15 is 0 Å². The van der Waals surface area contributed by atoms with Gasteiger partial charge in [0.05, 0.1) is 19.8 Å². The Bertz CT molecular complexity index is 533. The minimum absolute atomic E-state index is 0.0273. The van der Waals surface area contributed by atoms with Crippen molar-refractivity contribution in [3.05, 3.63) is 35.7 Å². The fourth-order valence-electron chi connectivity index (χ4n) is 2.07. The molecule has 1 aromatic carbocycles. The average molecular weight is 291 g/mol. The summed E-state index contributed by atoms with van der Waals surface area (Å²) in [7, 11) is 0. The summed E-state index contributed by atoms with van der Waals surface area (Å²) in [5.74, 6) is 1.03. The van der Waals surface area contributed by atoms with E-state index in [2.05, 4.69) is 29.2 Å². The molecule has 2 aromatic rings. The highest BCUT2D eigenvalue weighted by Crippen LogP contribution is 2.17. The van der Waals surface area contributed by atoms with Crippen LogP contribution in [-0.4, -0.2) is 51.6 Å². The van der Waals surface area contributed by atoms with E-state index in [4.69, 9.17) is 14.7 Å². The second kappa shape index (κ2) is 7.87. The lowest BCUT2D eigenvalue weighted by atomic mass is 10.1. The molecule has 0 amide bonds. The van der Waals surface area contributed by atoms with Crippen molar-refractivity contribution in [1.29, 1.82) is 0 Å². The van der Waals surface area contributed by atoms with Crippen LogP contribution in [0, 0.1) is 0 Å². The molecule has 1 aromatic heterocycles. The Morgan fingerprint density at radius 2 is 1.76 bits per heavy atom. The van der Waals surface area contributed by atoms with Crippen LogP contribution in [0.25, 0.3) is 11.4 Å². The average Bonchev–Trinajstić information content (AvgIpc) is 2.96. The van der Waals surface area contributed by atoms with Gasteiger partial charge in [0, 0.05) is 18.7 Å². The molecule has 0 saturated carbocycles. The maximum Gasteiger partial charge on any atom is 0.241 e. The van der Waals surface area contributed by atoms with E-state index in [1.54, 1.807) is 0 Å². The second-order valence-electron chi connectivity index (χ2n) is 4.79. The molecule has 0 unspecified atom stereocenters. The van der Waals surface area contributed by atoms with Crippen LogP contribution in [0.15, 0.2) is 28.8 Å². The zero-order chi connectivity index (χ0) is 15.1.